The Kier molecular flexibility index (Phi) is 7.04. The number of rotatable bonds is 6. The van der Waals surface area contributed by atoms with Crippen molar-refractivity contribution in [2.45, 2.75) is 12.8 Å². The average Bonchev–Trinajstić information content (AvgIpc) is 2.70. The van der Waals surface area contributed by atoms with Crippen LogP contribution in [0.4, 0.5) is 0 Å². The summed E-state index contributed by atoms with van der Waals surface area (Å²) in [4.78, 5) is 40.1. The van der Waals surface area contributed by atoms with Crippen LogP contribution in [0, 0.1) is 5.92 Å². The van der Waals surface area contributed by atoms with Crippen LogP contribution in [-0.2, 0) is 9.59 Å². The monoisotopic (exact) mass is 377 g/mol. The lowest BCUT2D eigenvalue weighted by Crippen LogP contribution is -2.48. The molecule has 2 rings (SSSR count). The Balaban J connectivity index is 1.93. The number of amides is 3. The van der Waals surface area contributed by atoms with Crippen LogP contribution < -0.4 is 14.8 Å². The fourth-order valence-electron chi connectivity index (χ4n) is 3.12. The number of piperidine rings is 1. The number of likely N-dealkylation sites (tertiary alicyclic amines) is 1. The molecule has 0 spiro atoms. The number of carbonyl (C=O) groups excluding carboxylic acids is 3. The summed E-state index contributed by atoms with van der Waals surface area (Å²) >= 11 is 0. The fourth-order valence-corrected chi connectivity index (χ4v) is 3.12. The SMILES string of the molecule is COc1ccc(C(=O)NCC(=O)N2CCC[C@H](C(=O)N(C)C)C2)cc1OC. The van der Waals surface area contributed by atoms with Crippen LogP contribution in [0.2, 0.25) is 0 Å². The van der Waals surface area contributed by atoms with Crippen LogP contribution in [0.15, 0.2) is 18.2 Å². The number of nitrogens with zero attached hydrogens (tertiary/aromatic N) is 2. The van der Waals surface area contributed by atoms with Crippen LogP contribution >= 0.6 is 0 Å². The van der Waals surface area contributed by atoms with E-state index in [-0.39, 0.29) is 30.2 Å². The van der Waals surface area contributed by atoms with Gasteiger partial charge in [0.05, 0.1) is 26.7 Å². The molecular formula is C19H27N3O5. The number of hydrogen-bond acceptors (Lipinski definition) is 5. The van der Waals surface area contributed by atoms with Crippen LogP contribution in [0.25, 0.3) is 0 Å². The molecule has 0 aliphatic carbocycles. The molecule has 3 amide bonds. The van der Waals surface area contributed by atoms with Crippen LogP contribution in [0.1, 0.15) is 23.2 Å². The minimum absolute atomic E-state index is 0.0295. The molecule has 1 aliphatic rings. The predicted molar refractivity (Wildman–Crippen MR) is 99.9 cm³/mol. The quantitative estimate of drug-likeness (QED) is 0.791. The molecule has 148 valence electrons. The maximum Gasteiger partial charge on any atom is 0.251 e. The van der Waals surface area contributed by atoms with Crippen molar-refractivity contribution in [3.05, 3.63) is 23.8 Å². The molecule has 1 aromatic carbocycles. The largest absolute Gasteiger partial charge is 0.493 e. The summed E-state index contributed by atoms with van der Waals surface area (Å²) in [6.45, 7) is 0.875. The lowest BCUT2D eigenvalue weighted by atomic mass is 9.96. The van der Waals surface area contributed by atoms with Gasteiger partial charge in [0, 0.05) is 32.7 Å². The standard InChI is InChI=1S/C19H27N3O5/c1-21(2)19(25)14-6-5-9-22(12-14)17(23)11-20-18(24)13-7-8-15(26-3)16(10-13)27-4/h7-8,10,14H,5-6,9,11-12H2,1-4H3,(H,20,24)/t14-/m0/s1. The van der Waals surface area contributed by atoms with Gasteiger partial charge in [-0.05, 0) is 31.0 Å². The Labute approximate surface area is 159 Å². The second-order valence-corrected chi connectivity index (χ2v) is 6.66. The highest BCUT2D eigenvalue weighted by atomic mass is 16.5. The Hall–Kier alpha value is -2.77. The first-order valence-corrected chi connectivity index (χ1v) is 8.86. The van der Waals surface area contributed by atoms with Crippen molar-refractivity contribution in [2.75, 3.05) is 47.9 Å². The highest BCUT2D eigenvalue weighted by Gasteiger charge is 2.29. The zero-order valence-electron chi connectivity index (χ0n) is 16.3. The van der Waals surface area contributed by atoms with Gasteiger partial charge in [-0.1, -0.05) is 0 Å². The number of ether oxygens (including phenoxy) is 2. The Morgan fingerprint density at radius 3 is 2.52 bits per heavy atom. The maximum absolute atomic E-state index is 12.4. The maximum atomic E-state index is 12.4. The predicted octanol–water partition coefficient (Wildman–Crippen LogP) is 0.760. The third kappa shape index (κ3) is 5.12. The molecule has 0 radical (unpaired) electrons. The molecule has 1 N–H and O–H groups in total. The van der Waals surface area contributed by atoms with E-state index in [4.69, 9.17) is 9.47 Å². The minimum atomic E-state index is -0.373. The lowest BCUT2D eigenvalue weighted by Gasteiger charge is -2.33. The van der Waals surface area contributed by atoms with Crippen LogP contribution in [0.3, 0.4) is 0 Å². The molecule has 1 saturated heterocycles. The highest BCUT2D eigenvalue weighted by Crippen LogP contribution is 2.27. The van der Waals surface area contributed by atoms with Crippen molar-refractivity contribution in [2.24, 2.45) is 5.92 Å². The fraction of sp³-hybridized carbons (Fsp3) is 0.526. The molecule has 0 saturated carbocycles. The third-order valence-electron chi connectivity index (χ3n) is 4.61. The molecular weight excluding hydrogens is 350 g/mol. The van der Waals surface area contributed by atoms with Gasteiger partial charge in [-0.15, -0.1) is 0 Å². The number of methoxy groups -OCH3 is 2. The van der Waals surface area contributed by atoms with Crippen molar-refractivity contribution in [1.82, 2.24) is 15.1 Å². The first kappa shape index (κ1) is 20.5. The molecule has 0 unspecified atom stereocenters. The average molecular weight is 377 g/mol. The molecule has 0 aromatic heterocycles. The van der Waals surface area contributed by atoms with E-state index < -0.39 is 0 Å². The van der Waals surface area contributed by atoms with Gasteiger partial charge in [0.2, 0.25) is 11.8 Å². The van der Waals surface area contributed by atoms with E-state index in [2.05, 4.69) is 5.32 Å². The summed E-state index contributed by atoms with van der Waals surface area (Å²) in [6, 6.07) is 4.80. The van der Waals surface area contributed by atoms with Crippen molar-refractivity contribution in [3.8, 4) is 11.5 Å². The third-order valence-corrected chi connectivity index (χ3v) is 4.61. The number of benzene rings is 1. The second kappa shape index (κ2) is 9.25. The van der Waals surface area contributed by atoms with Crippen molar-refractivity contribution in [1.29, 1.82) is 0 Å². The van der Waals surface area contributed by atoms with Gasteiger partial charge in [0.1, 0.15) is 0 Å². The molecule has 1 atom stereocenters. The van der Waals surface area contributed by atoms with Crippen molar-refractivity contribution < 1.29 is 23.9 Å². The summed E-state index contributed by atoms with van der Waals surface area (Å²) in [5, 5.41) is 2.63. The van der Waals surface area contributed by atoms with Crippen LogP contribution in [-0.4, -0.2) is 75.5 Å². The number of carbonyl (C=O) groups is 3. The minimum Gasteiger partial charge on any atom is -0.493 e. The van der Waals surface area contributed by atoms with Gasteiger partial charge in [-0.2, -0.15) is 0 Å². The highest BCUT2D eigenvalue weighted by molar-refractivity contribution is 5.97. The summed E-state index contributed by atoms with van der Waals surface area (Å²) < 4.78 is 10.3. The van der Waals surface area contributed by atoms with Crippen molar-refractivity contribution >= 4 is 17.7 Å². The first-order chi connectivity index (χ1) is 12.9. The Bertz CT molecular complexity index is 705. The number of nitrogens with one attached hydrogen (secondary N) is 1. The van der Waals surface area contributed by atoms with E-state index in [1.54, 1.807) is 42.1 Å². The molecule has 1 fully saturated rings. The van der Waals surface area contributed by atoms with E-state index in [9.17, 15) is 14.4 Å². The summed E-state index contributed by atoms with van der Waals surface area (Å²) in [7, 11) is 6.44. The Morgan fingerprint density at radius 2 is 1.89 bits per heavy atom. The zero-order chi connectivity index (χ0) is 20.0. The van der Waals surface area contributed by atoms with Gasteiger partial charge < -0.3 is 24.6 Å². The lowest BCUT2D eigenvalue weighted by molar-refractivity contribution is -0.138. The van der Waals surface area contributed by atoms with E-state index >= 15 is 0 Å². The topological polar surface area (TPSA) is 88.2 Å². The summed E-state index contributed by atoms with van der Waals surface area (Å²) in [6.07, 6.45) is 1.55. The van der Waals surface area contributed by atoms with Gasteiger partial charge in [-0.25, -0.2) is 0 Å². The van der Waals surface area contributed by atoms with Crippen molar-refractivity contribution in [3.63, 3.8) is 0 Å². The zero-order valence-corrected chi connectivity index (χ0v) is 16.3. The summed E-state index contributed by atoms with van der Waals surface area (Å²) in [5.41, 5.74) is 0.375. The molecule has 8 heteroatoms. The van der Waals surface area contributed by atoms with Gasteiger partial charge in [0.15, 0.2) is 11.5 Å². The Morgan fingerprint density at radius 1 is 1.19 bits per heavy atom. The van der Waals surface area contributed by atoms with E-state index in [0.29, 0.717) is 30.2 Å². The molecule has 1 heterocycles. The van der Waals surface area contributed by atoms with E-state index in [0.717, 1.165) is 12.8 Å². The smallest absolute Gasteiger partial charge is 0.251 e. The normalized spacial score (nSPS) is 16.4. The molecule has 8 nitrogen and oxygen atoms in total. The van der Waals surface area contributed by atoms with Gasteiger partial charge >= 0.3 is 0 Å². The van der Waals surface area contributed by atoms with E-state index in [1.807, 2.05) is 0 Å². The molecule has 1 aromatic rings. The second-order valence-electron chi connectivity index (χ2n) is 6.66. The van der Waals surface area contributed by atoms with Gasteiger partial charge in [-0.3, -0.25) is 14.4 Å². The molecule has 27 heavy (non-hydrogen) atoms. The number of hydrogen-bond donors (Lipinski definition) is 1. The first-order valence-electron chi connectivity index (χ1n) is 8.86. The van der Waals surface area contributed by atoms with Crippen LogP contribution in [0.5, 0.6) is 11.5 Å². The van der Waals surface area contributed by atoms with Gasteiger partial charge in [0.25, 0.3) is 5.91 Å². The molecule has 1 aliphatic heterocycles. The van der Waals surface area contributed by atoms with E-state index in [1.165, 1.54) is 14.2 Å². The molecule has 0 bridgehead atoms. The summed E-state index contributed by atoms with van der Waals surface area (Å²) in [5.74, 6) is 0.246.